The summed E-state index contributed by atoms with van der Waals surface area (Å²) in [5.74, 6) is -0.503. The van der Waals surface area contributed by atoms with Crippen molar-refractivity contribution in [3.8, 4) is 0 Å². The number of halogens is 1. The molecule has 16 heavy (non-hydrogen) atoms. The van der Waals surface area contributed by atoms with Crippen molar-refractivity contribution in [1.29, 1.82) is 0 Å². The monoisotopic (exact) mass is 222 g/mol. The first-order valence-electron chi connectivity index (χ1n) is 5.08. The van der Waals surface area contributed by atoms with Crippen LogP contribution in [-0.2, 0) is 4.84 Å². The molecule has 0 aromatic carbocycles. The molecule has 1 aromatic rings. The van der Waals surface area contributed by atoms with Crippen molar-refractivity contribution >= 4 is 5.71 Å². The van der Waals surface area contributed by atoms with Gasteiger partial charge in [0.25, 0.3) is 0 Å². The highest BCUT2D eigenvalue weighted by molar-refractivity contribution is 5.97. The second kappa shape index (κ2) is 6.00. The maximum absolute atomic E-state index is 12.6. The summed E-state index contributed by atoms with van der Waals surface area (Å²) in [6.45, 7) is 7.99. The van der Waals surface area contributed by atoms with Crippen molar-refractivity contribution < 1.29 is 9.23 Å². The molecule has 0 radical (unpaired) electrons. The van der Waals surface area contributed by atoms with Gasteiger partial charge in [0.1, 0.15) is 6.61 Å². The number of rotatable bonds is 5. The summed E-state index contributed by atoms with van der Waals surface area (Å²) >= 11 is 0. The number of oxime groups is 1. The minimum Gasteiger partial charge on any atom is -0.391 e. The van der Waals surface area contributed by atoms with E-state index >= 15 is 0 Å². The van der Waals surface area contributed by atoms with E-state index in [0.717, 1.165) is 17.6 Å². The van der Waals surface area contributed by atoms with E-state index in [4.69, 9.17) is 4.84 Å². The maximum Gasteiger partial charge on any atom is 0.212 e. The van der Waals surface area contributed by atoms with Crippen LogP contribution in [0.3, 0.4) is 0 Å². The van der Waals surface area contributed by atoms with Gasteiger partial charge in [0.05, 0.1) is 5.71 Å². The summed E-state index contributed by atoms with van der Waals surface area (Å²) < 4.78 is 12.6. The molecule has 0 N–H and O–H groups in total. The summed E-state index contributed by atoms with van der Waals surface area (Å²) in [5.41, 5.74) is 2.38. The molecule has 0 bridgehead atoms. The quantitative estimate of drug-likeness (QED) is 0.332. The van der Waals surface area contributed by atoms with Crippen molar-refractivity contribution in [1.82, 2.24) is 4.98 Å². The number of hydrogen-bond donors (Lipinski definition) is 0. The highest BCUT2D eigenvalue weighted by Gasteiger charge is 1.99. The van der Waals surface area contributed by atoms with Crippen LogP contribution in [0.4, 0.5) is 4.39 Å². The second-order valence-corrected chi connectivity index (χ2v) is 3.42. The molecule has 0 amide bonds. The Bertz CT molecular complexity index is 385. The molecule has 4 heteroatoms. The standard InChI is InChI=1S/C12H15FN2O/c1-4-9(2)8-16-15-10(3)11-5-6-12(13)14-7-11/h5-7H,2,4,8H2,1,3H3. The molecule has 0 fully saturated rings. The smallest absolute Gasteiger partial charge is 0.212 e. The minimum atomic E-state index is -0.503. The van der Waals surface area contributed by atoms with Crippen molar-refractivity contribution in [2.24, 2.45) is 5.16 Å². The molecule has 1 aromatic heterocycles. The molecular weight excluding hydrogens is 207 g/mol. The van der Waals surface area contributed by atoms with Crippen LogP contribution < -0.4 is 0 Å². The van der Waals surface area contributed by atoms with E-state index in [2.05, 4.69) is 16.7 Å². The molecule has 86 valence electrons. The zero-order chi connectivity index (χ0) is 12.0. The zero-order valence-electron chi connectivity index (χ0n) is 9.53. The van der Waals surface area contributed by atoms with Crippen molar-refractivity contribution in [2.45, 2.75) is 20.3 Å². The van der Waals surface area contributed by atoms with Crippen molar-refractivity contribution in [2.75, 3.05) is 6.61 Å². The van der Waals surface area contributed by atoms with Gasteiger partial charge in [-0.3, -0.25) is 0 Å². The van der Waals surface area contributed by atoms with Crippen LogP contribution in [0, 0.1) is 5.95 Å². The first-order valence-corrected chi connectivity index (χ1v) is 5.08. The SMILES string of the molecule is C=C(CC)CON=C(C)c1ccc(F)nc1. The highest BCUT2D eigenvalue weighted by atomic mass is 19.1. The van der Waals surface area contributed by atoms with Gasteiger partial charge in [-0.2, -0.15) is 4.39 Å². The molecule has 0 atom stereocenters. The van der Waals surface area contributed by atoms with Gasteiger partial charge in [0.15, 0.2) is 0 Å². The molecule has 0 unspecified atom stereocenters. The predicted molar refractivity (Wildman–Crippen MR) is 61.8 cm³/mol. The van der Waals surface area contributed by atoms with E-state index in [1.54, 1.807) is 13.0 Å². The Kier molecular flexibility index (Phi) is 4.64. The first kappa shape index (κ1) is 12.4. The Morgan fingerprint density at radius 1 is 1.56 bits per heavy atom. The van der Waals surface area contributed by atoms with Gasteiger partial charge < -0.3 is 4.84 Å². The topological polar surface area (TPSA) is 34.5 Å². The van der Waals surface area contributed by atoms with E-state index in [1.807, 2.05) is 6.92 Å². The molecule has 0 aliphatic heterocycles. The normalized spacial score (nSPS) is 11.3. The van der Waals surface area contributed by atoms with E-state index in [-0.39, 0.29) is 0 Å². The summed E-state index contributed by atoms with van der Waals surface area (Å²) in [6, 6.07) is 2.90. The number of hydrogen-bond acceptors (Lipinski definition) is 3. The van der Waals surface area contributed by atoms with Crippen LogP contribution in [0.25, 0.3) is 0 Å². The lowest BCUT2D eigenvalue weighted by Gasteiger charge is -2.02. The lowest BCUT2D eigenvalue weighted by atomic mass is 10.2. The molecule has 1 heterocycles. The molecule has 0 aliphatic rings. The zero-order valence-corrected chi connectivity index (χ0v) is 9.53. The minimum absolute atomic E-state index is 0.405. The molecule has 0 saturated heterocycles. The number of aromatic nitrogens is 1. The summed E-state index contributed by atoms with van der Waals surface area (Å²) in [6.07, 6.45) is 2.29. The predicted octanol–water partition coefficient (Wildman–Crippen LogP) is 2.93. The Labute approximate surface area is 94.6 Å². The average molecular weight is 222 g/mol. The molecule has 0 spiro atoms. The van der Waals surface area contributed by atoms with Gasteiger partial charge in [-0.1, -0.05) is 18.7 Å². The van der Waals surface area contributed by atoms with Gasteiger partial charge in [0.2, 0.25) is 5.95 Å². The third-order valence-corrected chi connectivity index (χ3v) is 2.12. The van der Waals surface area contributed by atoms with Crippen LogP contribution in [0.5, 0.6) is 0 Å². The van der Waals surface area contributed by atoms with E-state index in [9.17, 15) is 4.39 Å². The van der Waals surface area contributed by atoms with Crippen molar-refractivity contribution in [3.05, 3.63) is 42.0 Å². The molecule has 1 rings (SSSR count). The third-order valence-electron chi connectivity index (χ3n) is 2.12. The molecule has 0 aliphatic carbocycles. The fraction of sp³-hybridized carbons (Fsp3) is 0.333. The van der Waals surface area contributed by atoms with Gasteiger partial charge >= 0.3 is 0 Å². The van der Waals surface area contributed by atoms with Gasteiger partial charge in [-0.15, -0.1) is 0 Å². The first-order chi connectivity index (χ1) is 7.63. The molecular formula is C12H15FN2O. The van der Waals surface area contributed by atoms with E-state index < -0.39 is 5.95 Å². The maximum atomic E-state index is 12.6. The Morgan fingerprint density at radius 3 is 2.88 bits per heavy atom. The molecule has 3 nitrogen and oxygen atoms in total. The van der Waals surface area contributed by atoms with Crippen LogP contribution in [0.1, 0.15) is 25.8 Å². The van der Waals surface area contributed by atoms with Crippen LogP contribution in [0.15, 0.2) is 35.6 Å². The third kappa shape index (κ3) is 3.81. The van der Waals surface area contributed by atoms with E-state index in [0.29, 0.717) is 12.3 Å². The highest BCUT2D eigenvalue weighted by Crippen LogP contribution is 2.03. The number of pyridine rings is 1. The lowest BCUT2D eigenvalue weighted by Crippen LogP contribution is -1.99. The average Bonchev–Trinajstić information content (AvgIpc) is 2.29. The van der Waals surface area contributed by atoms with Crippen LogP contribution >= 0.6 is 0 Å². The summed E-state index contributed by atoms with van der Waals surface area (Å²) in [4.78, 5) is 8.64. The fourth-order valence-corrected chi connectivity index (χ4v) is 0.965. The Hall–Kier alpha value is -1.71. The summed E-state index contributed by atoms with van der Waals surface area (Å²) in [5, 5.41) is 3.91. The van der Waals surface area contributed by atoms with Gasteiger partial charge in [-0.25, -0.2) is 4.98 Å². The fourth-order valence-electron chi connectivity index (χ4n) is 0.965. The summed E-state index contributed by atoms with van der Waals surface area (Å²) in [7, 11) is 0. The second-order valence-electron chi connectivity index (χ2n) is 3.42. The number of nitrogens with zero attached hydrogens (tertiary/aromatic N) is 2. The van der Waals surface area contributed by atoms with Gasteiger partial charge in [0, 0.05) is 11.8 Å². The van der Waals surface area contributed by atoms with Gasteiger partial charge in [-0.05, 0) is 31.1 Å². The Morgan fingerprint density at radius 2 is 2.31 bits per heavy atom. The van der Waals surface area contributed by atoms with Crippen LogP contribution in [-0.4, -0.2) is 17.3 Å². The van der Waals surface area contributed by atoms with E-state index in [1.165, 1.54) is 12.3 Å². The Balaban J connectivity index is 2.56. The lowest BCUT2D eigenvalue weighted by molar-refractivity contribution is 0.166. The molecule has 0 saturated carbocycles. The van der Waals surface area contributed by atoms with Crippen molar-refractivity contribution in [3.63, 3.8) is 0 Å². The van der Waals surface area contributed by atoms with Crippen LogP contribution in [0.2, 0.25) is 0 Å². The largest absolute Gasteiger partial charge is 0.391 e.